The quantitative estimate of drug-likeness (QED) is 0.219. The van der Waals surface area contributed by atoms with E-state index in [9.17, 15) is 12.8 Å². The SMILES string of the molecule is CC(C)n1nc(-c2cc(F)c(NS(=O)(=O)Cc3ccccc3F)cc2F)c2c(N)ncc(C3CCC(NC4COC4)CC3)c21. The summed E-state index contributed by atoms with van der Waals surface area (Å²) in [4.78, 5) is 4.45. The van der Waals surface area contributed by atoms with Gasteiger partial charge in [-0.25, -0.2) is 26.6 Å². The normalized spacial score (nSPS) is 19.4. The molecule has 2 aromatic heterocycles. The molecular formula is C31H35F3N6O3S. The second-order valence-corrected chi connectivity index (χ2v) is 13.6. The minimum Gasteiger partial charge on any atom is -0.383 e. The van der Waals surface area contributed by atoms with Crippen LogP contribution < -0.4 is 15.8 Å². The number of halogens is 3. The molecule has 234 valence electrons. The molecule has 2 fully saturated rings. The molecule has 4 N–H and O–H groups in total. The van der Waals surface area contributed by atoms with Crippen LogP contribution >= 0.6 is 0 Å². The van der Waals surface area contributed by atoms with Gasteiger partial charge in [-0.1, -0.05) is 18.2 Å². The van der Waals surface area contributed by atoms with Crippen molar-refractivity contribution in [2.24, 2.45) is 0 Å². The van der Waals surface area contributed by atoms with Gasteiger partial charge < -0.3 is 15.8 Å². The minimum atomic E-state index is -4.26. The van der Waals surface area contributed by atoms with Gasteiger partial charge in [0.25, 0.3) is 0 Å². The van der Waals surface area contributed by atoms with Crippen LogP contribution in [0, 0.1) is 17.5 Å². The number of benzene rings is 2. The number of ether oxygens (including phenoxy) is 1. The Balaban J connectivity index is 1.33. The van der Waals surface area contributed by atoms with E-state index in [0.717, 1.165) is 68.2 Å². The molecule has 13 heteroatoms. The second kappa shape index (κ2) is 12.0. The number of aromatic nitrogens is 3. The van der Waals surface area contributed by atoms with E-state index >= 15 is 8.78 Å². The first-order valence-corrected chi connectivity index (χ1v) is 16.4. The van der Waals surface area contributed by atoms with Gasteiger partial charge in [0, 0.05) is 35.5 Å². The Labute approximate surface area is 254 Å². The predicted octanol–water partition coefficient (Wildman–Crippen LogP) is 5.64. The van der Waals surface area contributed by atoms with Crippen molar-refractivity contribution in [1.82, 2.24) is 20.1 Å². The van der Waals surface area contributed by atoms with Gasteiger partial charge in [-0.3, -0.25) is 9.40 Å². The van der Waals surface area contributed by atoms with E-state index in [0.29, 0.717) is 17.5 Å². The Kier molecular flexibility index (Phi) is 8.29. The van der Waals surface area contributed by atoms with Crippen molar-refractivity contribution < 1.29 is 26.3 Å². The highest BCUT2D eigenvalue weighted by atomic mass is 32.2. The zero-order chi connectivity index (χ0) is 31.2. The minimum absolute atomic E-state index is 0.0975. The number of hydrogen-bond donors (Lipinski definition) is 3. The monoisotopic (exact) mass is 628 g/mol. The lowest BCUT2D eigenvalue weighted by Gasteiger charge is -2.35. The molecule has 3 heterocycles. The maximum Gasteiger partial charge on any atom is 0.237 e. The first-order valence-electron chi connectivity index (χ1n) is 14.7. The van der Waals surface area contributed by atoms with Crippen LogP contribution in [0.1, 0.15) is 62.6 Å². The van der Waals surface area contributed by atoms with Gasteiger partial charge in [-0.05, 0) is 63.1 Å². The number of rotatable bonds is 9. The summed E-state index contributed by atoms with van der Waals surface area (Å²) in [5, 5.41) is 8.79. The molecule has 2 aromatic carbocycles. The summed E-state index contributed by atoms with van der Waals surface area (Å²) in [5.41, 5.74) is 7.32. The average molecular weight is 629 g/mol. The van der Waals surface area contributed by atoms with Crippen molar-refractivity contribution in [2.75, 3.05) is 23.7 Å². The van der Waals surface area contributed by atoms with Crippen LogP contribution in [0.5, 0.6) is 0 Å². The molecule has 9 nitrogen and oxygen atoms in total. The number of nitrogen functional groups attached to an aromatic ring is 1. The fourth-order valence-electron chi connectivity index (χ4n) is 6.15. The molecular weight excluding hydrogens is 593 g/mol. The van der Waals surface area contributed by atoms with E-state index in [1.807, 2.05) is 18.6 Å². The number of nitrogens with zero attached hydrogens (tertiary/aromatic N) is 3. The highest BCUT2D eigenvalue weighted by Gasteiger charge is 2.31. The standard InChI is InChI=1S/C31H35F3N6O3S/c1-17(2)40-30-23(18-7-9-20(10-8-18)37-21-14-43-15-21)13-36-31(35)28(30)29(38-40)22-11-26(34)27(12-25(22)33)39-44(41,42)16-19-5-3-4-6-24(19)32/h3-6,11-13,17-18,20-21,37,39H,7-10,14-16H2,1-2H3,(H2,35,36). The molecule has 1 aliphatic heterocycles. The Morgan fingerprint density at radius 3 is 2.41 bits per heavy atom. The summed E-state index contributed by atoms with van der Waals surface area (Å²) < 4.78 is 79.6. The van der Waals surface area contributed by atoms with Gasteiger partial charge in [0.1, 0.15) is 29.0 Å². The van der Waals surface area contributed by atoms with Gasteiger partial charge in [0.2, 0.25) is 10.0 Å². The van der Waals surface area contributed by atoms with Crippen LogP contribution in [-0.2, 0) is 20.5 Å². The molecule has 1 saturated heterocycles. The molecule has 0 bridgehead atoms. The van der Waals surface area contributed by atoms with Crippen molar-refractivity contribution in [3.63, 3.8) is 0 Å². The smallest absolute Gasteiger partial charge is 0.237 e. The molecule has 6 rings (SSSR count). The number of nitrogens with one attached hydrogen (secondary N) is 2. The van der Waals surface area contributed by atoms with Crippen molar-refractivity contribution in [2.45, 2.75) is 69.3 Å². The summed E-state index contributed by atoms with van der Waals surface area (Å²) in [6.07, 6.45) is 5.60. The van der Waals surface area contributed by atoms with Crippen LogP contribution in [-0.4, -0.2) is 48.5 Å². The van der Waals surface area contributed by atoms with Crippen LogP contribution in [0.25, 0.3) is 22.2 Å². The van der Waals surface area contributed by atoms with E-state index < -0.39 is 38.9 Å². The summed E-state index contributed by atoms with van der Waals surface area (Å²) in [7, 11) is -4.26. The first kappa shape index (κ1) is 30.4. The lowest BCUT2D eigenvalue weighted by molar-refractivity contribution is -0.0121. The lowest BCUT2D eigenvalue weighted by atomic mass is 9.81. The van der Waals surface area contributed by atoms with Crippen molar-refractivity contribution in [3.8, 4) is 11.3 Å². The van der Waals surface area contributed by atoms with Gasteiger partial charge >= 0.3 is 0 Å². The third-order valence-electron chi connectivity index (χ3n) is 8.43. The van der Waals surface area contributed by atoms with Crippen LogP contribution in [0.3, 0.4) is 0 Å². The van der Waals surface area contributed by atoms with Crippen LogP contribution in [0.4, 0.5) is 24.7 Å². The van der Waals surface area contributed by atoms with Crippen LogP contribution in [0.15, 0.2) is 42.6 Å². The summed E-state index contributed by atoms with van der Waals surface area (Å²) >= 11 is 0. The molecule has 0 atom stereocenters. The Morgan fingerprint density at radius 1 is 1.02 bits per heavy atom. The molecule has 0 spiro atoms. The Morgan fingerprint density at radius 2 is 1.75 bits per heavy atom. The third-order valence-corrected chi connectivity index (χ3v) is 9.65. The van der Waals surface area contributed by atoms with Gasteiger partial charge in [-0.15, -0.1) is 0 Å². The lowest BCUT2D eigenvalue weighted by Crippen LogP contribution is -2.51. The van der Waals surface area contributed by atoms with E-state index in [4.69, 9.17) is 15.6 Å². The van der Waals surface area contributed by atoms with Crippen LogP contribution in [0.2, 0.25) is 0 Å². The van der Waals surface area contributed by atoms with Gasteiger partial charge in [0.15, 0.2) is 0 Å². The fraction of sp³-hybridized carbons (Fsp3) is 0.419. The topological polar surface area (TPSA) is 124 Å². The summed E-state index contributed by atoms with van der Waals surface area (Å²) in [6.45, 7) is 5.39. The molecule has 0 amide bonds. The number of pyridine rings is 1. The van der Waals surface area contributed by atoms with Gasteiger partial charge in [0.05, 0.1) is 41.6 Å². The largest absolute Gasteiger partial charge is 0.383 e. The number of fused-ring (bicyclic) bond motifs is 1. The second-order valence-electron chi connectivity index (χ2n) is 11.9. The predicted molar refractivity (Wildman–Crippen MR) is 163 cm³/mol. The number of sulfonamides is 1. The van der Waals surface area contributed by atoms with Crippen molar-refractivity contribution in [1.29, 1.82) is 0 Å². The van der Waals surface area contributed by atoms with E-state index in [2.05, 4.69) is 10.3 Å². The molecule has 44 heavy (non-hydrogen) atoms. The molecule has 1 aliphatic carbocycles. The third kappa shape index (κ3) is 6.00. The average Bonchev–Trinajstić information content (AvgIpc) is 3.36. The van der Waals surface area contributed by atoms with Crippen molar-refractivity contribution >= 4 is 32.4 Å². The molecule has 4 aromatic rings. The Bertz CT molecular complexity index is 1800. The first-order chi connectivity index (χ1) is 21.0. The van der Waals surface area contributed by atoms with E-state index in [-0.39, 0.29) is 34.6 Å². The zero-order valence-electron chi connectivity index (χ0n) is 24.5. The van der Waals surface area contributed by atoms with Crippen molar-refractivity contribution in [3.05, 3.63) is 71.2 Å². The molecule has 0 radical (unpaired) electrons. The van der Waals surface area contributed by atoms with E-state index in [1.54, 1.807) is 10.9 Å². The Hall–Kier alpha value is -3.68. The number of hydrogen-bond acceptors (Lipinski definition) is 7. The molecule has 1 saturated carbocycles. The summed E-state index contributed by atoms with van der Waals surface area (Å²) in [6, 6.07) is 7.72. The fourth-order valence-corrected chi connectivity index (χ4v) is 7.35. The zero-order valence-corrected chi connectivity index (χ0v) is 25.3. The maximum absolute atomic E-state index is 15.7. The number of nitrogens with two attached hydrogens (primary N) is 1. The number of anilines is 2. The molecule has 0 unspecified atom stereocenters. The highest BCUT2D eigenvalue weighted by molar-refractivity contribution is 7.91. The van der Waals surface area contributed by atoms with Gasteiger partial charge in [-0.2, -0.15) is 5.10 Å². The molecule has 2 aliphatic rings. The maximum atomic E-state index is 15.7. The van der Waals surface area contributed by atoms with E-state index in [1.165, 1.54) is 18.2 Å². The highest BCUT2D eigenvalue weighted by Crippen LogP contribution is 2.42. The summed E-state index contributed by atoms with van der Waals surface area (Å²) in [5.74, 6) is -3.05.